The van der Waals surface area contributed by atoms with Gasteiger partial charge in [-0.3, -0.25) is 0 Å². The molecule has 2 aromatic heterocycles. The van der Waals surface area contributed by atoms with Crippen molar-refractivity contribution in [2.75, 3.05) is 31.7 Å². The van der Waals surface area contributed by atoms with Crippen LogP contribution in [0.4, 0.5) is 5.82 Å². The van der Waals surface area contributed by atoms with Gasteiger partial charge in [-0.1, -0.05) is 0 Å². The second-order valence-electron chi connectivity index (χ2n) is 3.48. The average Bonchev–Trinajstić information content (AvgIpc) is 2.82. The Morgan fingerprint density at radius 3 is 3.18 bits per heavy atom. The van der Waals surface area contributed by atoms with Gasteiger partial charge in [0.15, 0.2) is 0 Å². The summed E-state index contributed by atoms with van der Waals surface area (Å²) < 4.78 is 5.17. The number of thiophene rings is 1. The number of anilines is 1. The number of ether oxygens (including phenoxy) is 1. The van der Waals surface area contributed by atoms with Crippen molar-refractivity contribution in [1.29, 1.82) is 0 Å². The highest BCUT2D eigenvalue weighted by molar-refractivity contribution is 7.16. The fourth-order valence-corrected chi connectivity index (χ4v) is 2.21. The highest BCUT2D eigenvalue weighted by Gasteiger charge is 2.03. The summed E-state index contributed by atoms with van der Waals surface area (Å²) in [7, 11) is 0. The Kier molecular flexibility index (Phi) is 4.66. The maximum absolute atomic E-state index is 8.54. The first kappa shape index (κ1) is 12.2. The summed E-state index contributed by atoms with van der Waals surface area (Å²) in [5.41, 5.74) is 0. The van der Waals surface area contributed by atoms with E-state index in [2.05, 4.69) is 15.3 Å². The van der Waals surface area contributed by atoms with Crippen molar-refractivity contribution in [3.8, 4) is 0 Å². The fourth-order valence-electron chi connectivity index (χ4n) is 1.48. The molecule has 0 aliphatic carbocycles. The van der Waals surface area contributed by atoms with Gasteiger partial charge in [0, 0.05) is 13.2 Å². The van der Waals surface area contributed by atoms with Gasteiger partial charge in [0.05, 0.1) is 18.6 Å². The molecule has 17 heavy (non-hydrogen) atoms. The predicted molar refractivity (Wildman–Crippen MR) is 68.4 cm³/mol. The summed E-state index contributed by atoms with van der Waals surface area (Å²) in [6, 6.07) is 2.02. The molecule has 0 spiro atoms. The van der Waals surface area contributed by atoms with Gasteiger partial charge >= 0.3 is 0 Å². The van der Waals surface area contributed by atoms with Gasteiger partial charge in [-0.15, -0.1) is 11.3 Å². The Morgan fingerprint density at radius 1 is 1.35 bits per heavy atom. The molecular weight excluding hydrogens is 238 g/mol. The van der Waals surface area contributed by atoms with Gasteiger partial charge in [0.25, 0.3) is 0 Å². The number of nitrogens with one attached hydrogen (secondary N) is 1. The van der Waals surface area contributed by atoms with Crippen molar-refractivity contribution < 1.29 is 9.84 Å². The lowest BCUT2D eigenvalue weighted by Gasteiger charge is -2.06. The lowest BCUT2D eigenvalue weighted by atomic mass is 10.3. The first-order valence-corrected chi connectivity index (χ1v) is 6.40. The van der Waals surface area contributed by atoms with E-state index >= 15 is 0 Å². The maximum atomic E-state index is 8.54. The lowest BCUT2D eigenvalue weighted by molar-refractivity contribution is 0.0922. The van der Waals surface area contributed by atoms with Crippen LogP contribution < -0.4 is 5.32 Å². The van der Waals surface area contributed by atoms with E-state index in [4.69, 9.17) is 9.84 Å². The van der Waals surface area contributed by atoms with Crippen LogP contribution in [0.5, 0.6) is 0 Å². The van der Waals surface area contributed by atoms with E-state index in [9.17, 15) is 0 Å². The molecule has 0 aliphatic rings. The van der Waals surface area contributed by atoms with Crippen molar-refractivity contribution in [2.45, 2.75) is 6.42 Å². The monoisotopic (exact) mass is 253 g/mol. The molecule has 0 unspecified atom stereocenters. The molecule has 5 nitrogen and oxygen atoms in total. The summed E-state index contributed by atoms with van der Waals surface area (Å²) in [5.74, 6) is 0.874. The number of hydrogen-bond donors (Lipinski definition) is 2. The summed E-state index contributed by atoms with van der Waals surface area (Å²) in [6.07, 6.45) is 2.46. The van der Waals surface area contributed by atoms with E-state index in [0.29, 0.717) is 13.2 Å². The third-order valence-electron chi connectivity index (χ3n) is 2.26. The molecule has 0 aromatic carbocycles. The van der Waals surface area contributed by atoms with Crippen molar-refractivity contribution >= 4 is 27.4 Å². The zero-order valence-corrected chi connectivity index (χ0v) is 10.2. The van der Waals surface area contributed by atoms with Gasteiger partial charge in [-0.05, 0) is 17.9 Å². The van der Waals surface area contributed by atoms with E-state index in [1.807, 2.05) is 11.4 Å². The highest BCUT2D eigenvalue weighted by Crippen LogP contribution is 2.23. The van der Waals surface area contributed by atoms with Crippen molar-refractivity contribution in [1.82, 2.24) is 9.97 Å². The number of nitrogens with zero attached hydrogens (tertiary/aromatic N) is 2. The molecule has 92 valence electrons. The maximum Gasteiger partial charge on any atom is 0.138 e. The Hall–Kier alpha value is -1.24. The standard InChI is InChI=1S/C11H15N3O2S/c15-4-6-16-5-1-3-12-10-9-2-7-17-11(9)14-8-13-10/h2,7-8,15H,1,3-6H2,(H,12,13,14). The van der Waals surface area contributed by atoms with Gasteiger partial charge in [0.2, 0.25) is 0 Å². The number of hydrogen-bond acceptors (Lipinski definition) is 6. The van der Waals surface area contributed by atoms with E-state index in [1.54, 1.807) is 17.7 Å². The van der Waals surface area contributed by atoms with Crippen molar-refractivity contribution in [2.24, 2.45) is 0 Å². The summed E-state index contributed by atoms with van der Waals surface area (Å²) in [5, 5.41) is 14.9. The van der Waals surface area contributed by atoms with Gasteiger partial charge in [0.1, 0.15) is 17.0 Å². The molecule has 0 atom stereocenters. The minimum absolute atomic E-state index is 0.0782. The lowest BCUT2D eigenvalue weighted by Crippen LogP contribution is -2.08. The molecule has 0 bridgehead atoms. The molecule has 2 N–H and O–H groups in total. The number of aromatic nitrogens is 2. The summed E-state index contributed by atoms with van der Waals surface area (Å²) in [4.78, 5) is 9.40. The van der Waals surface area contributed by atoms with Crippen LogP contribution in [-0.4, -0.2) is 41.4 Å². The van der Waals surface area contributed by atoms with Crippen LogP contribution >= 0.6 is 11.3 Å². The van der Waals surface area contributed by atoms with Crippen LogP contribution in [0.25, 0.3) is 10.2 Å². The molecule has 0 saturated carbocycles. The Bertz CT molecular complexity index is 461. The quantitative estimate of drug-likeness (QED) is 0.732. The van der Waals surface area contributed by atoms with E-state index in [0.717, 1.165) is 29.0 Å². The molecular formula is C11H15N3O2S. The van der Waals surface area contributed by atoms with Gasteiger partial charge < -0.3 is 15.2 Å². The Morgan fingerprint density at radius 2 is 2.29 bits per heavy atom. The molecule has 2 aromatic rings. The topological polar surface area (TPSA) is 67.3 Å². The molecule has 2 rings (SSSR count). The molecule has 2 heterocycles. The van der Waals surface area contributed by atoms with Crippen LogP contribution in [0, 0.1) is 0 Å². The zero-order chi connectivity index (χ0) is 11.9. The SMILES string of the molecule is OCCOCCCNc1ncnc2sccc12. The fraction of sp³-hybridized carbons (Fsp3) is 0.455. The zero-order valence-electron chi connectivity index (χ0n) is 9.43. The number of aliphatic hydroxyl groups excluding tert-OH is 1. The minimum atomic E-state index is 0.0782. The van der Waals surface area contributed by atoms with Crippen LogP contribution in [0.3, 0.4) is 0 Å². The van der Waals surface area contributed by atoms with Crippen molar-refractivity contribution in [3.05, 3.63) is 17.8 Å². The molecule has 0 aliphatic heterocycles. The van der Waals surface area contributed by atoms with E-state index in [1.165, 1.54) is 0 Å². The van der Waals surface area contributed by atoms with Crippen LogP contribution in [0.1, 0.15) is 6.42 Å². The second kappa shape index (κ2) is 6.48. The number of fused-ring (bicyclic) bond motifs is 1. The largest absolute Gasteiger partial charge is 0.394 e. The average molecular weight is 253 g/mol. The first-order valence-electron chi connectivity index (χ1n) is 5.52. The predicted octanol–water partition coefficient (Wildman–Crippen LogP) is 1.50. The van der Waals surface area contributed by atoms with E-state index < -0.39 is 0 Å². The third kappa shape index (κ3) is 3.36. The minimum Gasteiger partial charge on any atom is -0.394 e. The van der Waals surface area contributed by atoms with Gasteiger partial charge in [-0.2, -0.15) is 0 Å². The van der Waals surface area contributed by atoms with Crippen LogP contribution in [0.15, 0.2) is 17.8 Å². The Balaban J connectivity index is 1.80. The van der Waals surface area contributed by atoms with Crippen molar-refractivity contribution in [3.63, 3.8) is 0 Å². The normalized spacial score (nSPS) is 10.9. The number of aliphatic hydroxyl groups is 1. The second-order valence-corrected chi connectivity index (χ2v) is 4.37. The van der Waals surface area contributed by atoms with Gasteiger partial charge in [-0.25, -0.2) is 9.97 Å². The molecule has 0 saturated heterocycles. The molecule has 6 heteroatoms. The van der Waals surface area contributed by atoms with Crippen LogP contribution in [0.2, 0.25) is 0 Å². The first-order chi connectivity index (χ1) is 8.42. The Labute approximate surface area is 103 Å². The smallest absolute Gasteiger partial charge is 0.138 e. The molecule has 0 radical (unpaired) electrons. The highest BCUT2D eigenvalue weighted by atomic mass is 32.1. The van der Waals surface area contributed by atoms with E-state index in [-0.39, 0.29) is 6.61 Å². The van der Waals surface area contributed by atoms with Crippen LogP contribution in [-0.2, 0) is 4.74 Å². The number of rotatable bonds is 7. The third-order valence-corrected chi connectivity index (χ3v) is 3.08. The summed E-state index contributed by atoms with van der Waals surface area (Å²) in [6.45, 7) is 1.93. The summed E-state index contributed by atoms with van der Waals surface area (Å²) >= 11 is 1.61. The molecule has 0 fully saturated rings. The molecule has 0 amide bonds.